The van der Waals surface area contributed by atoms with Gasteiger partial charge in [0.2, 0.25) is 0 Å². The lowest BCUT2D eigenvalue weighted by Crippen LogP contribution is -2.37. The molecule has 0 spiro atoms. The summed E-state index contributed by atoms with van der Waals surface area (Å²) in [7, 11) is 6.64. The summed E-state index contributed by atoms with van der Waals surface area (Å²) in [5.74, 6) is -0.839. The molecule has 2 aliphatic heterocycles. The number of rotatable bonds is 8. The van der Waals surface area contributed by atoms with Gasteiger partial charge in [-0.25, -0.2) is 18.4 Å². The van der Waals surface area contributed by atoms with Gasteiger partial charge >= 0.3 is 12.1 Å². The molecule has 0 aliphatic carbocycles. The number of nitro groups is 1. The molecule has 0 saturated heterocycles. The van der Waals surface area contributed by atoms with Crippen molar-refractivity contribution in [3.05, 3.63) is 176 Å². The van der Waals surface area contributed by atoms with Crippen LogP contribution in [-0.4, -0.2) is 81.7 Å². The standard InChI is InChI=1S/C27H21FN4O5.C23H23FN4O2/c1-16-23-22(15-31(26(23)33)14-17-5-7-18(28)8-6-17)25(21-4-3-13-29-24(16)21)30(2)27(34)37-20-11-9-19(10-12-20)32(35)36;1-14-19-18(13-28(22(19)29)12-15-7-9-16(24)10-8-15)21(27(4)23(30)26(2)3)17-6-5-11-25-20(14)17/h3-13H,14-15H2,1-2H3;5-11H,12-13H2,1-4H3. The van der Waals surface area contributed by atoms with Gasteiger partial charge < -0.3 is 19.4 Å². The van der Waals surface area contributed by atoms with Gasteiger partial charge in [-0.15, -0.1) is 0 Å². The number of ether oxygens (including phenoxy) is 1. The van der Waals surface area contributed by atoms with Crippen LogP contribution in [0.15, 0.2) is 109 Å². The smallest absolute Gasteiger partial charge is 0.410 e. The number of carbonyl (C=O) groups excluding carboxylic acids is 4. The fourth-order valence-electron chi connectivity index (χ4n) is 8.70. The molecule has 340 valence electrons. The van der Waals surface area contributed by atoms with Crippen molar-refractivity contribution in [1.82, 2.24) is 24.7 Å². The molecule has 0 saturated carbocycles. The van der Waals surface area contributed by atoms with Crippen LogP contribution < -0.4 is 14.5 Å². The van der Waals surface area contributed by atoms with E-state index in [2.05, 4.69) is 9.97 Å². The van der Waals surface area contributed by atoms with Gasteiger partial charge in [-0.3, -0.25) is 39.5 Å². The second-order valence-electron chi connectivity index (χ2n) is 16.4. The Kier molecular flexibility index (Phi) is 12.3. The molecule has 0 atom stereocenters. The topological polar surface area (TPSA) is 163 Å². The molecule has 0 N–H and O–H groups in total. The maximum atomic E-state index is 13.5. The predicted octanol–water partition coefficient (Wildman–Crippen LogP) is 9.34. The minimum Gasteiger partial charge on any atom is -0.410 e. The first kappa shape index (κ1) is 45.2. The molecular weight excluding hydrogens is 863 g/mol. The molecule has 17 heteroatoms. The van der Waals surface area contributed by atoms with E-state index in [1.54, 1.807) is 78.6 Å². The number of non-ortho nitro benzene ring substituents is 1. The molecule has 7 aromatic rings. The maximum Gasteiger partial charge on any atom is 0.419 e. The molecule has 2 aliphatic rings. The Labute approximate surface area is 383 Å². The van der Waals surface area contributed by atoms with Crippen molar-refractivity contribution in [3.8, 4) is 5.75 Å². The highest BCUT2D eigenvalue weighted by molar-refractivity contribution is 6.13. The van der Waals surface area contributed by atoms with Crippen LogP contribution in [0.5, 0.6) is 5.75 Å². The third-order valence-electron chi connectivity index (χ3n) is 11.9. The SMILES string of the molecule is Cc1c2c(c(N(C)C(=O)N(C)C)c3cccnc13)CN(Cc1ccc(F)cc1)C2=O.Cc1c2c(c(N(C)C(=O)Oc3ccc([N+](=O)[O-])cc3)c3cccnc13)CN(Cc1ccc(F)cc1)C2=O. The number of benzene rings is 5. The molecule has 0 unspecified atom stereocenters. The highest BCUT2D eigenvalue weighted by atomic mass is 19.1. The van der Waals surface area contributed by atoms with E-state index >= 15 is 0 Å². The molecule has 67 heavy (non-hydrogen) atoms. The van der Waals surface area contributed by atoms with Crippen LogP contribution >= 0.6 is 0 Å². The van der Waals surface area contributed by atoms with Crippen molar-refractivity contribution in [2.75, 3.05) is 38.0 Å². The first-order chi connectivity index (χ1) is 32.0. The lowest BCUT2D eigenvalue weighted by atomic mass is 9.96. The van der Waals surface area contributed by atoms with E-state index in [-0.39, 0.29) is 54.0 Å². The van der Waals surface area contributed by atoms with Crippen molar-refractivity contribution in [1.29, 1.82) is 0 Å². The maximum absolute atomic E-state index is 13.5. The van der Waals surface area contributed by atoms with Gasteiger partial charge in [0.1, 0.15) is 17.4 Å². The summed E-state index contributed by atoms with van der Waals surface area (Å²) in [5.41, 5.74) is 8.04. The Morgan fingerprint density at radius 2 is 1.10 bits per heavy atom. The van der Waals surface area contributed by atoms with Crippen molar-refractivity contribution >= 4 is 62.8 Å². The van der Waals surface area contributed by atoms with Crippen molar-refractivity contribution in [2.45, 2.75) is 40.0 Å². The van der Waals surface area contributed by atoms with Crippen molar-refractivity contribution in [2.24, 2.45) is 0 Å². The molecular formula is C50H44F2N8O7. The van der Waals surface area contributed by atoms with Gasteiger partial charge in [0.05, 0.1) is 38.5 Å². The highest BCUT2D eigenvalue weighted by Gasteiger charge is 2.37. The monoisotopic (exact) mass is 906 g/mol. The van der Waals surface area contributed by atoms with E-state index in [0.29, 0.717) is 63.1 Å². The predicted molar refractivity (Wildman–Crippen MR) is 248 cm³/mol. The number of fused-ring (bicyclic) bond motifs is 4. The number of carbonyl (C=O) groups is 4. The van der Waals surface area contributed by atoms with E-state index in [1.807, 2.05) is 32.0 Å². The Morgan fingerprint density at radius 1 is 0.672 bits per heavy atom. The van der Waals surface area contributed by atoms with E-state index in [0.717, 1.165) is 27.6 Å². The second-order valence-corrected chi connectivity index (χ2v) is 16.4. The zero-order chi connectivity index (χ0) is 47.8. The average Bonchev–Trinajstić information content (AvgIpc) is 3.82. The number of anilines is 2. The van der Waals surface area contributed by atoms with Crippen LogP contribution in [0.4, 0.5) is 35.4 Å². The molecule has 9 rings (SSSR count). The van der Waals surface area contributed by atoms with Gasteiger partial charge in [-0.05, 0) is 96.8 Å². The summed E-state index contributed by atoms with van der Waals surface area (Å²) in [4.78, 5) is 79.8. The van der Waals surface area contributed by atoms with Crippen LogP contribution in [0, 0.1) is 35.6 Å². The van der Waals surface area contributed by atoms with Gasteiger partial charge in [-0.2, -0.15) is 0 Å². The largest absolute Gasteiger partial charge is 0.419 e. The van der Waals surface area contributed by atoms with Crippen molar-refractivity contribution in [3.63, 3.8) is 0 Å². The molecule has 15 nitrogen and oxygen atoms in total. The first-order valence-electron chi connectivity index (χ1n) is 21.1. The quantitative estimate of drug-likeness (QED) is 0.107. The van der Waals surface area contributed by atoms with Gasteiger partial charge in [0.25, 0.3) is 17.5 Å². The number of hydrogen-bond acceptors (Lipinski definition) is 9. The Morgan fingerprint density at radius 3 is 1.52 bits per heavy atom. The zero-order valence-corrected chi connectivity index (χ0v) is 37.4. The number of nitro benzene ring substituents is 1. The molecule has 2 aromatic heterocycles. The van der Waals surface area contributed by atoms with Crippen LogP contribution in [-0.2, 0) is 26.2 Å². The third-order valence-corrected chi connectivity index (χ3v) is 11.9. The number of urea groups is 1. The number of halogens is 2. The molecule has 0 radical (unpaired) electrons. The summed E-state index contributed by atoms with van der Waals surface area (Å²) in [5, 5.41) is 12.4. The summed E-state index contributed by atoms with van der Waals surface area (Å²) in [6.45, 7) is 4.96. The summed E-state index contributed by atoms with van der Waals surface area (Å²) in [6.07, 6.45) is 2.58. The molecule has 0 fully saturated rings. The Balaban J connectivity index is 0.000000186. The third kappa shape index (κ3) is 8.66. The lowest BCUT2D eigenvalue weighted by Gasteiger charge is -2.26. The second kappa shape index (κ2) is 18.3. The molecule has 4 heterocycles. The fourth-order valence-corrected chi connectivity index (χ4v) is 8.70. The number of aromatic nitrogens is 2. The van der Waals surface area contributed by atoms with Crippen LogP contribution in [0.1, 0.15) is 54.1 Å². The number of nitrogens with zero attached hydrogens (tertiary/aromatic N) is 8. The number of pyridine rings is 2. The van der Waals surface area contributed by atoms with E-state index < -0.39 is 11.0 Å². The lowest BCUT2D eigenvalue weighted by molar-refractivity contribution is -0.384. The summed E-state index contributed by atoms with van der Waals surface area (Å²) < 4.78 is 32.1. The highest BCUT2D eigenvalue weighted by Crippen LogP contribution is 2.42. The Hall–Kier alpha value is -8.34. The zero-order valence-electron chi connectivity index (χ0n) is 37.4. The van der Waals surface area contributed by atoms with Gasteiger partial charge in [0, 0.05) is 101 Å². The molecule has 0 bridgehead atoms. The molecule has 5 amide bonds. The molecule has 5 aromatic carbocycles. The van der Waals surface area contributed by atoms with Crippen LogP contribution in [0.25, 0.3) is 21.8 Å². The van der Waals surface area contributed by atoms with E-state index in [4.69, 9.17) is 4.74 Å². The van der Waals surface area contributed by atoms with E-state index in [9.17, 15) is 38.1 Å². The number of aryl methyl sites for hydroxylation is 2. The van der Waals surface area contributed by atoms with E-state index in [1.165, 1.54) is 65.4 Å². The van der Waals surface area contributed by atoms with Crippen LogP contribution in [0.2, 0.25) is 0 Å². The Bertz CT molecular complexity index is 3130. The first-order valence-corrected chi connectivity index (χ1v) is 21.1. The number of amides is 5. The van der Waals surface area contributed by atoms with Crippen molar-refractivity contribution < 1.29 is 37.6 Å². The minimum absolute atomic E-state index is 0.105. The van der Waals surface area contributed by atoms with Gasteiger partial charge in [0.15, 0.2) is 0 Å². The average molecular weight is 907 g/mol. The normalized spacial score (nSPS) is 12.7. The number of hydrogen-bond donors (Lipinski definition) is 0. The summed E-state index contributed by atoms with van der Waals surface area (Å²) >= 11 is 0. The fraction of sp³-hybridized carbons (Fsp3) is 0.200. The minimum atomic E-state index is -0.727. The van der Waals surface area contributed by atoms with Gasteiger partial charge in [-0.1, -0.05) is 24.3 Å². The summed E-state index contributed by atoms with van der Waals surface area (Å²) in [6, 6.07) is 24.4. The van der Waals surface area contributed by atoms with Crippen LogP contribution in [0.3, 0.4) is 0 Å².